The molecule has 5 nitrogen and oxygen atoms in total. The fourth-order valence-electron chi connectivity index (χ4n) is 4.39. The van der Waals surface area contributed by atoms with Crippen LogP contribution in [0.2, 0.25) is 0 Å². The zero-order valence-electron chi connectivity index (χ0n) is 17.0. The third-order valence-corrected chi connectivity index (χ3v) is 6.65. The van der Waals surface area contributed by atoms with Crippen molar-refractivity contribution in [3.8, 4) is 0 Å². The maximum Gasteiger partial charge on any atom is 0.243 e. The molecule has 0 spiro atoms. The highest BCUT2D eigenvalue weighted by molar-refractivity contribution is 7.10. The van der Waals surface area contributed by atoms with E-state index in [1.54, 1.807) is 11.3 Å². The van der Waals surface area contributed by atoms with E-state index in [-0.39, 0.29) is 24.3 Å². The highest BCUT2D eigenvalue weighted by Gasteiger charge is 2.37. The average molecular weight is 430 g/mol. The van der Waals surface area contributed by atoms with Crippen molar-refractivity contribution in [3.05, 3.63) is 88.3 Å². The molecule has 0 saturated carbocycles. The maximum atomic E-state index is 13.1. The van der Waals surface area contributed by atoms with E-state index < -0.39 is 0 Å². The minimum atomic E-state index is -0.291. The van der Waals surface area contributed by atoms with E-state index in [4.69, 9.17) is 0 Å². The van der Waals surface area contributed by atoms with Crippen molar-refractivity contribution < 1.29 is 9.59 Å². The molecule has 1 aliphatic heterocycles. The molecule has 1 aromatic heterocycles. The molecule has 2 N–H and O–H groups in total. The molecular weight excluding hydrogens is 406 g/mol. The normalized spacial score (nSPS) is 18.0. The first-order chi connectivity index (χ1) is 15.2. The van der Waals surface area contributed by atoms with Crippen molar-refractivity contribution in [2.45, 2.75) is 25.3 Å². The van der Waals surface area contributed by atoms with E-state index in [1.807, 2.05) is 66.0 Å². The van der Waals surface area contributed by atoms with Gasteiger partial charge in [-0.05, 0) is 48.6 Å². The van der Waals surface area contributed by atoms with Gasteiger partial charge in [0.05, 0.1) is 24.0 Å². The number of anilines is 3. The number of Topliss-reactive ketones (excluding diaryl/α,β-unsaturated/α-hetero) is 1. The number of benzene rings is 2. The number of rotatable bonds is 4. The molecule has 1 unspecified atom stereocenters. The van der Waals surface area contributed by atoms with Crippen molar-refractivity contribution in [1.82, 2.24) is 0 Å². The molecule has 31 heavy (non-hydrogen) atoms. The van der Waals surface area contributed by atoms with Gasteiger partial charge in [-0.2, -0.15) is 0 Å². The van der Waals surface area contributed by atoms with Crippen LogP contribution in [0, 0.1) is 0 Å². The molecule has 1 amide bonds. The predicted molar refractivity (Wildman–Crippen MR) is 125 cm³/mol. The topological polar surface area (TPSA) is 61.4 Å². The molecule has 6 heteroatoms. The number of ketones is 1. The van der Waals surface area contributed by atoms with Crippen LogP contribution in [0.1, 0.15) is 30.2 Å². The average Bonchev–Trinajstić information content (AvgIpc) is 3.26. The SMILES string of the molecule is O=C(CN1c2ccccc2NC2=C(C(=O)CCC2)C1c1cccs1)Nc1ccccc1. The highest BCUT2D eigenvalue weighted by atomic mass is 32.1. The third-order valence-electron chi connectivity index (χ3n) is 5.72. The summed E-state index contributed by atoms with van der Waals surface area (Å²) in [5, 5.41) is 8.54. The van der Waals surface area contributed by atoms with E-state index >= 15 is 0 Å². The minimum absolute atomic E-state index is 0.116. The monoisotopic (exact) mass is 429 g/mol. The summed E-state index contributed by atoms with van der Waals surface area (Å²) in [5.41, 5.74) is 4.38. The minimum Gasteiger partial charge on any atom is -0.357 e. The summed E-state index contributed by atoms with van der Waals surface area (Å²) in [6.07, 6.45) is 2.22. The van der Waals surface area contributed by atoms with Gasteiger partial charge in [0, 0.05) is 28.3 Å². The summed E-state index contributed by atoms with van der Waals surface area (Å²) < 4.78 is 0. The molecular formula is C25H23N3O2S. The Labute approximate surface area is 185 Å². The molecule has 5 rings (SSSR count). The summed E-state index contributed by atoms with van der Waals surface area (Å²) >= 11 is 1.62. The third kappa shape index (κ3) is 3.86. The van der Waals surface area contributed by atoms with Gasteiger partial charge in [-0.25, -0.2) is 0 Å². The number of nitrogens with zero attached hydrogens (tertiary/aromatic N) is 1. The highest BCUT2D eigenvalue weighted by Crippen LogP contribution is 2.45. The van der Waals surface area contributed by atoms with Crippen LogP contribution in [-0.4, -0.2) is 18.2 Å². The Hall–Kier alpha value is -3.38. The fourth-order valence-corrected chi connectivity index (χ4v) is 5.24. The Morgan fingerprint density at radius 1 is 1.03 bits per heavy atom. The van der Waals surface area contributed by atoms with Crippen LogP contribution in [0.25, 0.3) is 0 Å². The first kappa shape index (κ1) is 19.6. The van der Waals surface area contributed by atoms with Crippen LogP contribution >= 0.6 is 11.3 Å². The van der Waals surface area contributed by atoms with Crippen LogP contribution in [0.4, 0.5) is 17.1 Å². The number of allylic oxidation sites excluding steroid dienone is 1. The Morgan fingerprint density at radius 3 is 2.65 bits per heavy atom. The van der Waals surface area contributed by atoms with Gasteiger partial charge in [-0.3, -0.25) is 9.59 Å². The van der Waals surface area contributed by atoms with Crippen LogP contribution in [-0.2, 0) is 9.59 Å². The Balaban J connectivity index is 1.59. The molecule has 2 aliphatic rings. The Kier molecular flexibility index (Phi) is 5.30. The van der Waals surface area contributed by atoms with E-state index in [9.17, 15) is 9.59 Å². The zero-order valence-corrected chi connectivity index (χ0v) is 17.8. The number of amides is 1. The lowest BCUT2D eigenvalue weighted by Crippen LogP contribution is -2.38. The second-order valence-electron chi connectivity index (χ2n) is 7.77. The summed E-state index contributed by atoms with van der Waals surface area (Å²) in [7, 11) is 0. The number of hydrogen-bond donors (Lipinski definition) is 2. The van der Waals surface area contributed by atoms with Crippen molar-refractivity contribution in [2.24, 2.45) is 0 Å². The van der Waals surface area contributed by atoms with Gasteiger partial charge in [0.15, 0.2) is 5.78 Å². The van der Waals surface area contributed by atoms with Crippen LogP contribution in [0.5, 0.6) is 0 Å². The summed E-state index contributed by atoms with van der Waals surface area (Å²) in [6.45, 7) is 0.139. The smallest absolute Gasteiger partial charge is 0.243 e. The molecule has 0 fully saturated rings. The molecule has 2 heterocycles. The number of nitrogens with one attached hydrogen (secondary N) is 2. The molecule has 3 aromatic rings. The molecule has 1 atom stereocenters. The predicted octanol–water partition coefficient (Wildman–Crippen LogP) is 5.37. The van der Waals surface area contributed by atoms with Gasteiger partial charge in [-0.15, -0.1) is 11.3 Å². The van der Waals surface area contributed by atoms with E-state index in [1.165, 1.54) is 0 Å². The fraction of sp³-hybridized carbons (Fsp3) is 0.200. The lowest BCUT2D eigenvalue weighted by Gasteiger charge is -2.34. The van der Waals surface area contributed by atoms with Crippen molar-refractivity contribution in [1.29, 1.82) is 0 Å². The van der Waals surface area contributed by atoms with Crippen molar-refractivity contribution in [3.63, 3.8) is 0 Å². The van der Waals surface area contributed by atoms with Gasteiger partial charge >= 0.3 is 0 Å². The number of fused-ring (bicyclic) bond motifs is 1. The number of thiophene rings is 1. The second-order valence-corrected chi connectivity index (χ2v) is 8.75. The summed E-state index contributed by atoms with van der Waals surface area (Å²) in [6, 6.07) is 21.2. The molecule has 0 bridgehead atoms. The largest absolute Gasteiger partial charge is 0.357 e. The molecule has 0 radical (unpaired) electrons. The Bertz CT molecular complexity index is 1140. The zero-order chi connectivity index (χ0) is 21.2. The van der Waals surface area contributed by atoms with E-state index in [0.29, 0.717) is 6.42 Å². The Morgan fingerprint density at radius 2 is 1.84 bits per heavy atom. The van der Waals surface area contributed by atoms with Crippen LogP contribution in [0.15, 0.2) is 83.4 Å². The summed E-state index contributed by atoms with van der Waals surface area (Å²) in [4.78, 5) is 29.4. The number of para-hydroxylation sites is 3. The first-order valence-corrected chi connectivity index (χ1v) is 11.4. The second kappa shape index (κ2) is 8.40. The lowest BCUT2D eigenvalue weighted by atomic mass is 9.88. The van der Waals surface area contributed by atoms with Gasteiger partial charge in [0.2, 0.25) is 5.91 Å². The summed E-state index contributed by atoms with van der Waals surface area (Å²) in [5.74, 6) is 0.0447. The number of carbonyl (C=O) groups excluding carboxylic acids is 2. The van der Waals surface area contributed by atoms with Gasteiger partial charge in [0.1, 0.15) is 0 Å². The van der Waals surface area contributed by atoms with Gasteiger partial charge < -0.3 is 15.5 Å². The van der Waals surface area contributed by atoms with Crippen molar-refractivity contribution >= 4 is 40.1 Å². The van der Waals surface area contributed by atoms with Crippen LogP contribution < -0.4 is 15.5 Å². The van der Waals surface area contributed by atoms with Crippen molar-refractivity contribution in [2.75, 3.05) is 22.1 Å². The lowest BCUT2D eigenvalue weighted by molar-refractivity contribution is -0.117. The standard InChI is InChI=1S/C25H23N3O2S/c29-21-13-6-11-19-24(21)25(22-14-7-15-31-22)28(20-12-5-4-10-18(20)27-19)16-23(30)26-17-8-2-1-3-9-17/h1-5,7-10,12,14-15,25,27H,6,11,13,16H2,(H,26,30). The first-order valence-electron chi connectivity index (χ1n) is 10.5. The quantitative estimate of drug-likeness (QED) is 0.586. The molecule has 2 aromatic carbocycles. The molecule has 1 aliphatic carbocycles. The molecule has 156 valence electrons. The van der Waals surface area contributed by atoms with Crippen LogP contribution in [0.3, 0.4) is 0 Å². The number of carbonyl (C=O) groups is 2. The maximum absolute atomic E-state index is 13.1. The molecule has 0 saturated heterocycles. The van der Waals surface area contributed by atoms with Gasteiger partial charge in [0.25, 0.3) is 0 Å². The van der Waals surface area contributed by atoms with E-state index in [0.717, 1.165) is 46.1 Å². The van der Waals surface area contributed by atoms with E-state index in [2.05, 4.69) is 21.6 Å². The number of hydrogen-bond acceptors (Lipinski definition) is 5. The van der Waals surface area contributed by atoms with Gasteiger partial charge in [-0.1, -0.05) is 36.4 Å².